The molecule has 1 aliphatic rings. The first-order valence-electron chi connectivity index (χ1n) is 3.27. The molecule has 2 unspecified atom stereocenters. The monoisotopic (exact) mass is 161 g/mol. The molecule has 0 aromatic carbocycles. The van der Waals surface area contributed by atoms with Gasteiger partial charge in [-0.05, 0) is 14.1 Å². The second kappa shape index (κ2) is 3.17. The van der Waals surface area contributed by atoms with Gasteiger partial charge in [-0.2, -0.15) is 0 Å². The molecule has 64 valence electrons. The molecule has 0 radical (unpaired) electrons. The highest BCUT2D eigenvalue weighted by molar-refractivity contribution is 5.72. The van der Waals surface area contributed by atoms with Gasteiger partial charge in [0.05, 0.1) is 6.61 Å². The molecule has 2 atom stereocenters. The lowest BCUT2D eigenvalue weighted by atomic mass is 10.4. The van der Waals surface area contributed by atoms with Crippen molar-refractivity contribution in [3.8, 4) is 0 Å². The van der Waals surface area contributed by atoms with E-state index < -0.39 is 18.5 Å². The lowest BCUT2D eigenvalue weighted by Crippen LogP contribution is -2.30. The summed E-state index contributed by atoms with van der Waals surface area (Å²) in [5.74, 6) is -0.977. The van der Waals surface area contributed by atoms with Crippen molar-refractivity contribution in [2.75, 3.05) is 20.7 Å². The third-order valence-corrected chi connectivity index (χ3v) is 1.37. The SMILES string of the molecule is CN(C)C1OCC(C(=O)O)O1. The molecule has 0 aromatic heterocycles. The van der Waals surface area contributed by atoms with Gasteiger partial charge in [-0.3, -0.25) is 4.90 Å². The number of aliphatic carboxylic acids is 1. The molecule has 1 rings (SSSR count). The van der Waals surface area contributed by atoms with Crippen LogP contribution in [0.4, 0.5) is 0 Å². The van der Waals surface area contributed by atoms with Gasteiger partial charge in [0.25, 0.3) is 0 Å². The van der Waals surface area contributed by atoms with Crippen LogP contribution in [0.2, 0.25) is 0 Å². The minimum Gasteiger partial charge on any atom is -0.479 e. The summed E-state index contributed by atoms with van der Waals surface area (Å²) < 4.78 is 10.00. The van der Waals surface area contributed by atoms with Crippen molar-refractivity contribution >= 4 is 5.97 Å². The predicted octanol–water partition coefficient (Wildman–Crippen LogP) is -0.668. The number of carboxylic acid groups (broad SMARTS) is 1. The van der Waals surface area contributed by atoms with Crippen LogP contribution < -0.4 is 0 Å². The Hall–Kier alpha value is -0.650. The standard InChI is InChI=1S/C6H11NO4/c1-7(2)6-10-3-4(11-6)5(8)9/h4,6H,3H2,1-2H3,(H,8,9). The summed E-state index contributed by atoms with van der Waals surface area (Å²) in [6.45, 7) is 0.123. The third-order valence-electron chi connectivity index (χ3n) is 1.37. The Labute approximate surface area is 64.5 Å². The molecular formula is C6H11NO4. The van der Waals surface area contributed by atoms with E-state index in [1.165, 1.54) is 0 Å². The molecule has 0 saturated carbocycles. The smallest absolute Gasteiger partial charge is 0.335 e. The maximum atomic E-state index is 10.3. The fourth-order valence-corrected chi connectivity index (χ4v) is 0.789. The fraction of sp³-hybridized carbons (Fsp3) is 0.833. The Balaban J connectivity index is 2.41. The Morgan fingerprint density at radius 3 is 2.55 bits per heavy atom. The average Bonchev–Trinajstić information content (AvgIpc) is 2.33. The summed E-state index contributed by atoms with van der Waals surface area (Å²) in [6, 6.07) is 0. The largest absolute Gasteiger partial charge is 0.479 e. The van der Waals surface area contributed by atoms with Gasteiger partial charge in [-0.1, -0.05) is 0 Å². The fourth-order valence-electron chi connectivity index (χ4n) is 0.789. The van der Waals surface area contributed by atoms with E-state index in [0.717, 1.165) is 0 Å². The van der Waals surface area contributed by atoms with Gasteiger partial charge in [0.2, 0.25) is 6.41 Å². The van der Waals surface area contributed by atoms with Gasteiger partial charge < -0.3 is 14.6 Å². The zero-order chi connectivity index (χ0) is 8.43. The number of carbonyl (C=O) groups is 1. The Kier molecular flexibility index (Phi) is 2.43. The van der Waals surface area contributed by atoms with Gasteiger partial charge in [0.1, 0.15) is 0 Å². The van der Waals surface area contributed by atoms with Crippen molar-refractivity contribution in [2.24, 2.45) is 0 Å². The van der Waals surface area contributed by atoms with Crippen LogP contribution in [0.25, 0.3) is 0 Å². The molecule has 1 heterocycles. The van der Waals surface area contributed by atoms with Gasteiger partial charge >= 0.3 is 5.97 Å². The number of hydrogen-bond donors (Lipinski definition) is 1. The molecule has 0 aromatic rings. The summed E-state index contributed by atoms with van der Waals surface area (Å²) in [5.41, 5.74) is 0. The van der Waals surface area contributed by atoms with Gasteiger partial charge in [0, 0.05) is 0 Å². The van der Waals surface area contributed by atoms with Crippen LogP contribution >= 0.6 is 0 Å². The Bertz CT molecular complexity index is 159. The van der Waals surface area contributed by atoms with E-state index in [1.807, 2.05) is 0 Å². The maximum Gasteiger partial charge on any atom is 0.335 e. The normalized spacial score (nSPS) is 31.2. The zero-order valence-electron chi connectivity index (χ0n) is 6.48. The van der Waals surface area contributed by atoms with E-state index in [-0.39, 0.29) is 6.61 Å². The molecule has 11 heavy (non-hydrogen) atoms. The molecular weight excluding hydrogens is 150 g/mol. The van der Waals surface area contributed by atoms with E-state index in [0.29, 0.717) is 0 Å². The van der Waals surface area contributed by atoms with Crippen LogP contribution in [-0.2, 0) is 14.3 Å². The molecule has 1 fully saturated rings. The summed E-state index contributed by atoms with van der Waals surface area (Å²) >= 11 is 0. The second-order valence-corrected chi connectivity index (χ2v) is 2.57. The van der Waals surface area contributed by atoms with Crippen LogP contribution in [-0.4, -0.2) is 49.2 Å². The molecule has 5 nitrogen and oxygen atoms in total. The summed E-state index contributed by atoms with van der Waals surface area (Å²) in [5, 5.41) is 8.49. The average molecular weight is 161 g/mol. The van der Waals surface area contributed by atoms with E-state index >= 15 is 0 Å². The number of carboxylic acids is 1. The molecule has 1 saturated heterocycles. The minimum atomic E-state index is -0.977. The first-order chi connectivity index (χ1) is 5.11. The van der Waals surface area contributed by atoms with Crippen LogP contribution in [0.15, 0.2) is 0 Å². The summed E-state index contributed by atoms with van der Waals surface area (Å²) in [4.78, 5) is 12.0. The minimum absolute atomic E-state index is 0.123. The number of rotatable bonds is 2. The highest BCUT2D eigenvalue weighted by atomic mass is 16.7. The van der Waals surface area contributed by atoms with E-state index in [2.05, 4.69) is 0 Å². The van der Waals surface area contributed by atoms with E-state index in [1.54, 1.807) is 19.0 Å². The Morgan fingerprint density at radius 1 is 1.64 bits per heavy atom. The first-order valence-corrected chi connectivity index (χ1v) is 3.27. The predicted molar refractivity (Wildman–Crippen MR) is 35.9 cm³/mol. The highest BCUT2D eigenvalue weighted by Crippen LogP contribution is 2.12. The van der Waals surface area contributed by atoms with Crippen molar-refractivity contribution in [2.45, 2.75) is 12.5 Å². The Morgan fingerprint density at radius 2 is 2.27 bits per heavy atom. The van der Waals surface area contributed by atoms with Crippen LogP contribution in [0.5, 0.6) is 0 Å². The molecule has 1 aliphatic heterocycles. The molecule has 0 spiro atoms. The quantitative estimate of drug-likeness (QED) is 0.582. The molecule has 5 heteroatoms. The summed E-state index contributed by atoms with van der Waals surface area (Å²) in [7, 11) is 3.52. The maximum absolute atomic E-state index is 10.3. The third kappa shape index (κ3) is 1.89. The van der Waals surface area contributed by atoms with E-state index in [4.69, 9.17) is 14.6 Å². The summed E-state index contributed by atoms with van der Waals surface area (Å²) in [6.07, 6.45) is -1.33. The topological polar surface area (TPSA) is 59.0 Å². The second-order valence-electron chi connectivity index (χ2n) is 2.57. The lowest BCUT2D eigenvalue weighted by Gasteiger charge is -2.16. The molecule has 0 aliphatic carbocycles. The number of nitrogens with zero attached hydrogens (tertiary/aromatic N) is 1. The van der Waals surface area contributed by atoms with Crippen molar-refractivity contribution in [3.05, 3.63) is 0 Å². The van der Waals surface area contributed by atoms with Gasteiger partial charge in [0.15, 0.2) is 6.10 Å². The first kappa shape index (κ1) is 8.45. The highest BCUT2D eigenvalue weighted by Gasteiger charge is 2.32. The van der Waals surface area contributed by atoms with Crippen molar-refractivity contribution < 1.29 is 19.4 Å². The van der Waals surface area contributed by atoms with Crippen molar-refractivity contribution in [3.63, 3.8) is 0 Å². The number of ether oxygens (including phenoxy) is 2. The van der Waals surface area contributed by atoms with Crippen LogP contribution in [0.1, 0.15) is 0 Å². The van der Waals surface area contributed by atoms with E-state index in [9.17, 15) is 4.79 Å². The molecule has 0 amide bonds. The lowest BCUT2D eigenvalue weighted by molar-refractivity contribution is -0.165. The van der Waals surface area contributed by atoms with Gasteiger partial charge in [-0.15, -0.1) is 0 Å². The number of hydrogen-bond acceptors (Lipinski definition) is 4. The van der Waals surface area contributed by atoms with Crippen LogP contribution in [0, 0.1) is 0 Å². The van der Waals surface area contributed by atoms with Gasteiger partial charge in [-0.25, -0.2) is 4.79 Å². The zero-order valence-corrected chi connectivity index (χ0v) is 6.48. The van der Waals surface area contributed by atoms with Crippen LogP contribution in [0.3, 0.4) is 0 Å². The van der Waals surface area contributed by atoms with Crippen molar-refractivity contribution in [1.29, 1.82) is 0 Å². The molecule has 0 bridgehead atoms. The molecule has 1 N–H and O–H groups in total. The van der Waals surface area contributed by atoms with Crippen molar-refractivity contribution in [1.82, 2.24) is 4.90 Å².